The third-order valence-electron chi connectivity index (χ3n) is 6.64. The molecule has 0 saturated heterocycles. The summed E-state index contributed by atoms with van der Waals surface area (Å²) in [7, 11) is 0. The predicted molar refractivity (Wildman–Crippen MR) is 127 cm³/mol. The van der Waals surface area contributed by atoms with Crippen molar-refractivity contribution in [3.63, 3.8) is 0 Å². The lowest BCUT2D eigenvalue weighted by Gasteiger charge is -2.44. The van der Waals surface area contributed by atoms with Crippen molar-refractivity contribution in [3.05, 3.63) is 83.2 Å². The fourth-order valence-electron chi connectivity index (χ4n) is 4.59. The van der Waals surface area contributed by atoms with Gasteiger partial charge in [0.15, 0.2) is 5.69 Å². The van der Waals surface area contributed by atoms with Crippen LogP contribution in [-0.4, -0.2) is 43.8 Å². The second-order valence-electron chi connectivity index (χ2n) is 9.33. The van der Waals surface area contributed by atoms with E-state index in [-0.39, 0.29) is 48.2 Å². The lowest BCUT2D eigenvalue weighted by atomic mass is 9.93. The second-order valence-corrected chi connectivity index (χ2v) is 9.33. The number of halogens is 1. The molecule has 0 radical (unpaired) electrons. The van der Waals surface area contributed by atoms with E-state index in [1.54, 1.807) is 34.6 Å². The number of carbonyl (C=O) groups is 3. The normalized spacial score (nSPS) is 19.3. The van der Waals surface area contributed by atoms with Gasteiger partial charge in [-0.2, -0.15) is 0 Å². The van der Waals surface area contributed by atoms with Crippen molar-refractivity contribution >= 4 is 23.4 Å². The van der Waals surface area contributed by atoms with E-state index in [1.807, 2.05) is 25.1 Å². The molecule has 5 rings (SSSR count). The average molecular weight is 476 g/mol. The molecule has 2 aliphatic rings. The Morgan fingerprint density at radius 1 is 1.14 bits per heavy atom. The Bertz CT molecular complexity index is 1310. The molecular formula is C26H26FN5O3. The van der Waals surface area contributed by atoms with Crippen molar-refractivity contribution in [1.29, 1.82) is 0 Å². The Hall–Kier alpha value is -4.01. The smallest absolute Gasteiger partial charge is 0.276 e. The van der Waals surface area contributed by atoms with Crippen molar-refractivity contribution in [2.24, 2.45) is 0 Å². The molecular weight excluding hydrogens is 449 g/mol. The molecule has 0 unspecified atom stereocenters. The maximum atomic E-state index is 13.7. The van der Waals surface area contributed by atoms with E-state index in [4.69, 9.17) is 0 Å². The highest BCUT2D eigenvalue weighted by Gasteiger charge is 2.53. The number of nitrogens with zero attached hydrogens (tertiary/aromatic N) is 3. The van der Waals surface area contributed by atoms with Gasteiger partial charge < -0.3 is 20.1 Å². The maximum absolute atomic E-state index is 13.7. The van der Waals surface area contributed by atoms with Crippen LogP contribution >= 0.6 is 0 Å². The van der Waals surface area contributed by atoms with Crippen molar-refractivity contribution < 1.29 is 18.8 Å². The van der Waals surface area contributed by atoms with Crippen LogP contribution < -0.4 is 10.6 Å². The summed E-state index contributed by atoms with van der Waals surface area (Å²) >= 11 is 0. The number of amides is 3. The lowest BCUT2D eigenvalue weighted by Crippen LogP contribution is -2.64. The average Bonchev–Trinajstić information content (AvgIpc) is 3.57. The first kappa shape index (κ1) is 22.8. The van der Waals surface area contributed by atoms with Crippen molar-refractivity contribution in [3.8, 4) is 0 Å². The number of aryl methyl sites for hydroxylation is 1. The SMILES string of the molecule is Cc1ccccc1NC(=O)c1ncn2c1C(=O)N(C1CC1)[C@@](C)(C(=O)NCc1ccc(F)cc1)C2. The minimum atomic E-state index is -1.16. The molecule has 2 heterocycles. The molecule has 1 aliphatic heterocycles. The van der Waals surface area contributed by atoms with Crippen LogP contribution in [-0.2, 0) is 17.9 Å². The number of hydrogen-bond acceptors (Lipinski definition) is 4. The van der Waals surface area contributed by atoms with E-state index in [0.29, 0.717) is 5.69 Å². The highest BCUT2D eigenvalue weighted by atomic mass is 19.1. The number of aromatic nitrogens is 2. The Balaban J connectivity index is 1.41. The van der Waals surface area contributed by atoms with Crippen LogP contribution in [0.2, 0.25) is 0 Å². The van der Waals surface area contributed by atoms with E-state index >= 15 is 0 Å². The summed E-state index contributed by atoms with van der Waals surface area (Å²) in [5, 5.41) is 5.73. The number of hydrogen-bond donors (Lipinski definition) is 2. The summed E-state index contributed by atoms with van der Waals surface area (Å²) in [5.74, 6) is -1.51. The van der Waals surface area contributed by atoms with E-state index in [9.17, 15) is 18.8 Å². The van der Waals surface area contributed by atoms with Gasteiger partial charge >= 0.3 is 0 Å². The predicted octanol–water partition coefficient (Wildman–Crippen LogP) is 3.28. The van der Waals surface area contributed by atoms with Gasteiger partial charge in [0.2, 0.25) is 5.91 Å². The van der Waals surface area contributed by atoms with Crippen LogP contribution in [0.25, 0.3) is 0 Å². The summed E-state index contributed by atoms with van der Waals surface area (Å²) in [6.45, 7) is 4.00. The first-order valence-corrected chi connectivity index (χ1v) is 11.6. The number of benzene rings is 2. The number of anilines is 1. The summed E-state index contributed by atoms with van der Waals surface area (Å²) in [6.07, 6.45) is 3.03. The lowest BCUT2D eigenvalue weighted by molar-refractivity contribution is -0.133. The largest absolute Gasteiger partial charge is 0.350 e. The van der Waals surface area contributed by atoms with Gasteiger partial charge in [-0.05, 0) is 56.0 Å². The molecule has 180 valence electrons. The fraction of sp³-hybridized carbons (Fsp3) is 0.308. The molecule has 1 atom stereocenters. The topological polar surface area (TPSA) is 96.3 Å². The van der Waals surface area contributed by atoms with Gasteiger partial charge in [0, 0.05) is 18.3 Å². The van der Waals surface area contributed by atoms with E-state index in [1.165, 1.54) is 18.5 Å². The van der Waals surface area contributed by atoms with Gasteiger partial charge in [0.05, 0.1) is 12.9 Å². The molecule has 8 nitrogen and oxygen atoms in total. The molecule has 1 aromatic heterocycles. The fourth-order valence-corrected chi connectivity index (χ4v) is 4.59. The molecule has 1 aliphatic carbocycles. The Morgan fingerprint density at radius 2 is 1.86 bits per heavy atom. The molecule has 9 heteroatoms. The standard InChI is InChI=1S/C26H26FN5O3/c1-16-5-3-4-6-20(16)30-23(33)21-22-24(34)32(19-11-12-19)26(2,14-31(22)15-29-21)25(35)28-13-17-7-9-18(27)10-8-17/h3-10,15,19H,11-14H2,1-2H3,(H,28,35)(H,30,33)/t26-/m1/s1. The zero-order valence-electron chi connectivity index (χ0n) is 19.5. The van der Waals surface area contributed by atoms with Crippen molar-refractivity contribution in [2.45, 2.75) is 51.4 Å². The number of para-hydroxylation sites is 1. The summed E-state index contributed by atoms with van der Waals surface area (Å²) < 4.78 is 14.8. The molecule has 3 amide bonds. The van der Waals surface area contributed by atoms with E-state index < -0.39 is 11.4 Å². The van der Waals surface area contributed by atoms with Crippen molar-refractivity contribution in [2.75, 3.05) is 5.32 Å². The molecule has 2 N–H and O–H groups in total. The monoisotopic (exact) mass is 475 g/mol. The quantitative estimate of drug-likeness (QED) is 0.572. The highest BCUT2D eigenvalue weighted by Crippen LogP contribution is 2.39. The van der Waals surface area contributed by atoms with Gasteiger partial charge in [-0.15, -0.1) is 0 Å². The second kappa shape index (κ2) is 8.65. The van der Waals surface area contributed by atoms with Gasteiger partial charge in [-0.1, -0.05) is 30.3 Å². The highest BCUT2D eigenvalue weighted by molar-refractivity contribution is 6.12. The first-order chi connectivity index (χ1) is 16.8. The Labute approximate surface area is 202 Å². The van der Waals surface area contributed by atoms with Crippen LogP contribution in [0.3, 0.4) is 0 Å². The van der Waals surface area contributed by atoms with Crippen LogP contribution in [0.1, 0.15) is 51.9 Å². The number of nitrogens with one attached hydrogen (secondary N) is 2. The number of fused-ring (bicyclic) bond motifs is 1. The van der Waals surface area contributed by atoms with Crippen LogP contribution in [0.4, 0.5) is 10.1 Å². The van der Waals surface area contributed by atoms with Gasteiger partial charge in [-0.25, -0.2) is 9.37 Å². The van der Waals surface area contributed by atoms with E-state index in [0.717, 1.165) is 24.0 Å². The Morgan fingerprint density at radius 3 is 2.54 bits per heavy atom. The minimum Gasteiger partial charge on any atom is -0.350 e. The summed E-state index contributed by atoms with van der Waals surface area (Å²) in [5.41, 5.74) is 1.36. The van der Waals surface area contributed by atoms with Crippen molar-refractivity contribution in [1.82, 2.24) is 19.8 Å². The third kappa shape index (κ3) is 4.18. The molecule has 35 heavy (non-hydrogen) atoms. The molecule has 3 aromatic rings. The molecule has 0 bridgehead atoms. The van der Waals surface area contributed by atoms with Crippen LogP contribution in [0.15, 0.2) is 54.9 Å². The number of rotatable bonds is 6. The van der Waals surface area contributed by atoms with Crippen LogP contribution in [0.5, 0.6) is 0 Å². The summed E-state index contributed by atoms with van der Waals surface area (Å²) in [6, 6.07) is 13.2. The van der Waals surface area contributed by atoms with Gasteiger partial charge in [0.1, 0.15) is 17.1 Å². The third-order valence-corrected chi connectivity index (χ3v) is 6.64. The molecule has 1 saturated carbocycles. The first-order valence-electron chi connectivity index (χ1n) is 11.6. The van der Waals surface area contributed by atoms with Crippen LogP contribution in [0, 0.1) is 12.7 Å². The number of imidazole rings is 1. The number of carbonyl (C=O) groups excluding carboxylic acids is 3. The molecule has 1 fully saturated rings. The van der Waals surface area contributed by atoms with E-state index in [2.05, 4.69) is 15.6 Å². The summed E-state index contributed by atoms with van der Waals surface area (Å²) in [4.78, 5) is 46.0. The van der Waals surface area contributed by atoms with Gasteiger partial charge in [-0.3, -0.25) is 14.4 Å². The maximum Gasteiger partial charge on any atom is 0.276 e. The molecule has 2 aromatic carbocycles. The Kier molecular flexibility index (Phi) is 5.62. The minimum absolute atomic E-state index is 0.0395. The zero-order valence-corrected chi connectivity index (χ0v) is 19.5. The zero-order chi connectivity index (χ0) is 24.7. The van der Waals surface area contributed by atoms with Gasteiger partial charge in [0.25, 0.3) is 11.8 Å². The molecule has 0 spiro atoms.